The van der Waals surface area contributed by atoms with Crippen molar-refractivity contribution >= 4 is 11.0 Å². The van der Waals surface area contributed by atoms with Crippen molar-refractivity contribution in [3.05, 3.63) is 35.0 Å². The van der Waals surface area contributed by atoms with E-state index in [0.717, 1.165) is 23.6 Å². The second kappa shape index (κ2) is 5.70. The number of rotatable bonds is 3. The van der Waals surface area contributed by atoms with Gasteiger partial charge in [0, 0.05) is 29.8 Å². The minimum absolute atomic E-state index is 0.247. The Morgan fingerprint density at radius 1 is 1.35 bits per heavy atom. The summed E-state index contributed by atoms with van der Waals surface area (Å²) in [6, 6.07) is 2.69. The smallest absolute Gasteiger partial charge is 0.138 e. The maximum Gasteiger partial charge on any atom is 0.138 e. The molecule has 2 aliphatic rings. The highest BCUT2D eigenvalue weighted by Crippen LogP contribution is 2.44. The molecule has 5 rings (SSSR count). The third-order valence-electron chi connectivity index (χ3n) is 6.33. The van der Waals surface area contributed by atoms with Crippen molar-refractivity contribution in [1.82, 2.24) is 19.5 Å². The van der Waals surface area contributed by atoms with Crippen LogP contribution in [0.4, 0.5) is 0 Å². The molecule has 3 aromatic heterocycles. The number of hydrogen-bond donors (Lipinski definition) is 1. The predicted octanol–water partition coefficient (Wildman–Crippen LogP) is 4.59. The summed E-state index contributed by atoms with van der Waals surface area (Å²) in [6.07, 6.45) is 10.5. The van der Waals surface area contributed by atoms with Crippen LogP contribution in [-0.2, 0) is 6.42 Å². The first-order valence-corrected chi connectivity index (χ1v) is 9.59. The van der Waals surface area contributed by atoms with Gasteiger partial charge in [-0.15, -0.1) is 0 Å². The molecule has 3 aromatic rings. The maximum atomic E-state index is 9.49. The molecular weight excluding hydrogens is 322 g/mol. The molecular formula is C21H23N5. The zero-order valence-electron chi connectivity index (χ0n) is 15.3. The first-order valence-electron chi connectivity index (χ1n) is 9.59. The number of pyridine rings is 1. The molecule has 0 aromatic carbocycles. The molecule has 1 N–H and O–H groups in total. The van der Waals surface area contributed by atoms with Crippen LogP contribution >= 0.6 is 0 Å². The summed E-state index contributed by atoms with van der Waals surface area (Å²) in [6.45, 7) is 4.22. The molecule has 0 amide bonds. The van der Waals surface area contributed by atoms with Gasteiger partial charge >= 0.3 is 0 Å². The summed E-state index contributed by atoms with van der Waals surface area (Å²) in [5.74, 6) is 1.64. The van der Waals surface area contributed by atoms with Crippen LogP contribution in [-0.4, -0.2) is 19.5 Å². The molecule has 3 heterocycles. The standard InChI is InChI=1S/C21H23N5/c1-12-10-23-21-19-15(11-24-21)9-17-20(18(12)19)25-13(2)26(17)16(7-8-22)14-5-3-4-6-14/h10-11,14,16H,3-7,9H2,1-2H3,(H,23,24). The Hall–Kier alpha value is -2.61. The zero-order valence-corrected chi connectivity index (χ0v) is 15.3. The van der Waals surface area contributed by atoms with Crippen LogP contribution in [0.2, 0.25) is 0 Å². The molecule has 132 valence electrons. The van der Waals surface area contributed by atoms with Crippen LogP contribution in [0.15, 0.2) is 12.4 Å². The van der Waals surface area contributed by atoms with Gasteiger partial charge in [0.1, 0.15) is 11.5 Å². The second-order valence-corrected chi connectivity index (χ2v) is 7.83. The largest absolute Gasteiger partial charge is 0.346 e. The molecule has 1 fully saturated rings. The van der Waals surface area contributed by atoms with Crippen LogP contribution < -0.4 is 0 Å². The Morgan fingerprint density at radius 2 is 2.15 bits per heavy atom. The van der Waals surface area contributed by atoms with E-state index in [1.54, 1.807) is 0 Å². The van der Waals surface area contributed by atoms with Gasteiger partial charge in [0.15, 0.2) is 0 Å². The highest BCUT2D eigenvalue weighted by atomic mass is 15.1. The summed E-state index contributed by atoms with van der Waals surface area (Å²) in [5, 5.41) is 10.7. The van der Waals surface area contributed by atoms with E-state index >= 15 is 0 Å². The minimum atomic E-state index is 0.247. The van der Waals surface area contributed by atoms with Crippen LogP contribution in [0.25, 0.3) is 22.3 Å². The molecule has 1 saturated carbocycles. The van der Waals surface area contributed by atoms with Gasteiger partial charge in [-0.25, -0.2) is 9.97 Å². The average Bonchev–Trinajstić information content (AvgIpc) is 3.35. The molecule has 0 bridgehead atoms. The third kappa shape index (κ3) is 2.08. The molecule has 0 spiro atoms. The fraction of sp³-hybridized carbons (Fsp3) is 0.476. The maximum absolute atomic E-state index is 9.49. The number of imidazole rings is 1. The third-order valence-corrected chi connectivity index (χ3v) is 6.33. The SMILES string of the molecule is Cc1cnc2[nH]cc3c2c1-c1nc(C)n(C(CC#N)C2CCCC2)c1C3. The van der Waals surface area contributed by atoms with E-state index in [9.17, 15) is 5.26 Å². The molecule has 5 nitrogen and oxygen atoms in total. The van der Waals surface area contributed by atoms with Gasteiger partial charge in [-0.2, -0.15) is 5.26 Å². The summed E-state index contributed by atoms with van der Waals surface area (Å²) in [7, 11) is 0. The number of aryl methyl sites for hydroxylation is 2. The molecule has 5 heteroatoms. The van der Waals surface area contributed by atoms with Gasteiger partial charge in [0.05, 0.1) is 29.9 Å². The summed E-state index contributed by atoms with van der Waals surface area (Å²) < 4.78 is 2.40. The van der Waals surface area contributed by atoms with Gasteiger partial charge in [-0.1, -0.05) is 12.8 Å². The van der Waals surface area contributed by atoms with Crippen molar-refractivity contribution in [2.75, 3.05) is 0 Å². The quantitative estimate of drug-likeness (QED) is 0.590. The lowest BCUT2D eigenvalue weighted by molar-refractivity contribution is 0.329. The summed E-state index contributed by atoms with van der Waals surface area (Å²) >= 11 is 0. The first kappa shape index (κ1) is 15.6. The number of hydrogen-bond acceptors (Lipinski definition) is 3. The number of aromatic amines is 1. The Kier molecular flexibility index (Phi) is 3.43. The number of fused-ring (bicyclic) bond motifs is 2. The number of nitrogens with one attached hydrogen (secondary N) is 1. The normalized spacial score (nSPS) is 17.4. The van der Waals surface area contributed by atoms with Crippen molar-refractivity contribution < 1.29 is 0 Å². The van der Waals surface area contributed by atoms with E-state index in [0.29, 0.717) is 12.3 Å². The van der Waals surface area contributed by atoms with Gasteiger partial charge in [0.25, 0.3) is 0 Å². The van der Waals surface area contributed by atoms with Crippen molar-refractivity contribution in [1.29, 1.82) is 5.26 Å². The van der Waals surface area contributed by atoms with Gasteiger partial charge in [0.2, 0.25) is 0 Å². The lowest BCUT2D eigenvalue weighted by Gasteiger charge is -2.27. The minimum Gasteiger partial charge on any atom is -0.346 e. The van der Waals surface area contributed by atoms with Crippen LogP contribution in [0.5, 0.6) is 0 Å². The second-order valence-electron chi connectivity index (χ2n) is 7.83. The molecule has 2 aliphatic carbocycles. The number of H-pyrrole nitrogens is 1. The van der Waals surface area contributed by atoms with Crippen LogP contribution in [0.1, 0.15) is 60.8 Å². The summed E-state index contributed by atoms with van der Waals surface area (Å²) in [4.78, 5) is 12.9. The van der Waals surface area contributed by atoms with E-state index in [1.807, 2.05) is 6.20 Å². The number of aromatic nitrogens is 4. The van der Waals surface area contributed by atoms with Crippen LogP contribution in [0, 0.1) is 31.1 Å². The molecule has 0 aliphatic heterocycles. The Labute approximate surface area is 153 Å². The van der Waals surface area contributed by atoms with E-state index in [2.05, 4.69) is 40.6 Å². The summed E-state index contributed by atoms with van der Waals surface area (Å²) in [5.41, 5.74) is 7.00. The van der Waals surface area contributed by atoms with Crippen molar-refractivity contribution in [2.45, 2.75) is 58.4 Å². The molecule has 1 unspecified atom stereocenters. The van der Waals surface area contributed by atoms with Gasteiger partial charge < -0.3 is 9.55 Å². The Morgan fingerprint density at radius 3 is 2.92 bits per heavy atom. The van der Waals surface area contributed by atoms with E-state index in [-0.39, 0.29) is 6.04 Å². The predicted molar refractivity (Wildman–Crippen MR) is 101 cm³/mol. The van der Waals surface area contributed by atoms with E-state index in [1.165, 1.54) is 53.5 Å². The molecule has 1 atom stereocenters. The average molecular weight is 345 g/mol. The molecule has 0 radical (unpaired) electrons. The Balaban J connectivity index is 1.73. The van der Waals surface area contributed by atoms with Crippen molar-refractivity contribution in [2.24, 2.45) is 5.92 Å². The van der Waals surface area contributed by atoms with Crippen molar-refractivity contribution in [3.8, 4) is 17.3 Å². The fourth-order valence-electron chi connectivity index (χ4n) is 5.18. The molecule has 26 heavy (non-hydrogen) atoms. The highest BCUT2D eigenvalue weighted by molar-refractivity contribution is 5.99. The fourth-order valence-corrected chi connectivity index (χ4v) is 5.18. The number of nitrogens with zero attached hydrogens (tertiary/aromatic N) is 4. The van der Waals surface area contributed by atoms with Gasteiger partial charge in [-0.05, 0) is 43.7 Å². The van der Waals surface area contributed by atoms with Crippen LogP contribution in [0.3, 0.4) is 0 Å². The van der Waals surface area contributed by atoms with Crippen molar-refractivity contribution in [3.63, 3.8) is 0 Å². The van der Waals surface area contributed by atoms with E-state index < -0.39 is 0 Å². The topological polar surface area (TPSA) is 70.3 Å². The molecule has 0 saturated heterocycles. The first-order chi connectivity index (χ1) is 12.7. The monoisotopic (exact) mass is 345 g/mol. The van der Waals surface area contributed by atoms with Gasteiger partial charge in [-0.3, -0.25) is 0 Å². The number of nitriles is 1. The Bertz CT molecular complexity index is 1040. The highest BCUT2D eigenvalue weighted by Gasteiger charge is 2.33. The zero-order chi connectivity index (χ0) is 17.8. The van der Waals surface area contributed by atoms with E-state index in [4.69, 9.17) is 4.98 Å². The lowest BCUT2D eigenvalue weighted by atomic mass is 9.90. The lowest BCUT2D eigenvalue weighted by Crippen LogP contribution is -2.21.